The highest BCUT2D eigenvalue weighted by molar-refractivity contribution is 7.99. The summed E-state index contributed by atoms with van der Waals surface area (Å²) in [7, 11) is 0. The van der Waals surface area contributed by atoms with Crippen molar-refractivity contribution >= 4 is 23.4 Å². The Morgan fingerprint density at radius 1 is 1.38 bits per heavy atom. The van der Waals surface area contributed by atoms with Gasteiger partial charge in [0.2, 0.25) is 11.8 Å². The zero-order valence-corrected chi connectivity index (χ0v) is 15.3. The maximum absolute atomic E-state index is 12.1. The summed E-state index contributed by atoms with van der Waals surface area (Å²) in [6.07, 6.45) is 0.935. The third-order valence-corrected chi connectivity index (χ3v) is 4.77. The summed E-state index contributed by atoms with van der Waals surface area (Å²) in [4.78, 5) is 12.1. The monoisotopic (exact) mass is 348 g/mol. The molecule has 2 atom stereocenters. The molecule has 0 spiro atoms. The standard InChI is InChI=1S/C17H24N4O2S/c1-5-11(3)15(18)16-20-21-17(23-16)24-9-14(22)19-13-7-6-10(2)8-12(13)4/h6-8,11,15H,5,9,18H2,1-4H3,(H,19,22)/t11?,15-/m0/s1. The van der Waals surface area contributed by atoms with E-state index in [0.717, 1.165) is 23.2 Å². The number of nitrogens with two attached hydrogens (primary N) is 1. The highest BCUT2D eigenvalue weighted by Gasteiger charge is 2.20. The minimum Gasteiger partial charge on any atom is -0.414 e. The molecule has 6 nitrogen and oxygen atoms in total. The Hall–Kier alpha value is -1.86. The fourth-order valence-electron chi connectivity index (χ4n) is 2.18. The van der Waals surface area contributed by atoms with Crippen molar-refractivity contribution in [3.63, 3.8) is 0 Å². The van der Waals surface area contributed by atoms with Gasteiger partial charge in [-0.15, -0.1) is 10.2 Å². The van der Waals surface area contributed by atoms with Crippen molar-refractivity contribution in [2.45, 2.75) is 45.4 Å². The van der Waals surface area contributed by atoms with Gasteiger partial charge in [0.15, 0.2) is 0 Å². The summed E-state index contributed by atoms with van der Waals surface area (Å²) in [6.45, 7) is 8.09. The van der Waals surface area contributed by atoms with Gasteiger partial charge in [-0.3, -0.25) is 4.79 Å². The highest BCUT2D eigenvalue weighted by Crippen LogP contribution is 2.24. The van der Waals surface area contributed by atoms with E-state index in [4.69, 9.17) is 10.2 Å². The van der Waals surface area contributed by atoms with Crippen LogP contribution in [0.2, 0.25) is 0 Å². The molecule has 3 N–H and O–H groups in total. The van der Waals surface area contributed by atoms with Crippen LogP contribution in [0.25, 0.3) is 0 Å². The Morgan fingerprint density at radius 3 is 2.79 bits per heavy atom. The van der Waals surface area contributed by atoms with Gasteiger partial charge in [0.05, 0.1) is 11.8 Å². The van der Waals surface area contributed by atoms with Crippen molar-refractivity contribution < 1.29 is 9.21 Å². The lowest BCUT2D eigenvalue weighted by Gasteiger charge is -2.13. The van der Waals surface area contributed by atoms with Gasteiger partial charge in [-0.05, 0) is 31.4 Å². The number of benzene rings is 1. The van der Waals surface area contributed by atoms with E-state index in [2.05, 4.69) is 22.4 Å². The van der Waals surface area contributed by atoms with E-state index >= 15 is 0 Å². The van der Waals surface area contributed by atoms with Gasteiger partial charge in [-0.2, -0.15) is 0 Å². The fourth-order valence-corrected chi connectivity index (χ4v) is 2.75. The fraction of sp³-hybridized carbons (Fsp3) is 0.471. The molecule has 0 aliphatic carbocycles. The Morgan fingerprint density at radius 2 is 2.12 bits per heavy atom. The molecule has 1 heterocycles. The molecule has 0 fully saturated rings. The number of aryl methyl sites for hydroxylation is 2. The topological polar surface area (TPSA) is 94.0 Å². The van der Waals surface area contributed by atoms with Crippen LogP contribution in [-0.2, 0) is 4.79 Å². The summed E-state index contributed by atoms with van der Waals surface area (Å²) in [5, 5.41) is 11.2. The lowest BCUT2D eigenvalue weighted by Crippen LogP contribution is -2.18. The maximum atomic E-state index is 12.1. The van der Waals surface area contributed by atoms with E-state index < -0.39 is 0 Å². The van der Waals surface area contributed by atoms with E-state index in [9.17, 15) is 4.79 Å². The number of nitrogens with zero attached hydrogens (tertiary/aromatic N) is 2. The van der Waals surface area contributed by atoms with Gasteiger partial charge in [0.1, 0.15) is 0 Å². The minimum absolute atomic E-state index is 0.113. The van der Waals surface area contributed by atoms with Gasteiger partial charge < -0.3 is 15.5 Å². The third kappa shape index (κ3) is 4.82. The van der Waals surface area contributed by atoms with Gasteiger partial charge >= 0.3 is 0 Å². The maximum Gasteiger partial charge on any atom is 0.277 e. The van der Waals surface area contributed by atoms with E-state index in [-0.39, 0.29) is 23.6 Å². The first kappa shape index (κ1) is 18.5. The van der Waals surface area contributed by atoms with Crippen molar-refractivity contribution in [3.05, 3.63) is 35.2 Å². The van der Waals surface area contributed by atoms with Crippen LogP contribution < -0.4 is 11.1 Å². The first-order valence-corrected chi connectivity index (χ1v) is 8.98. The molecule has 7 heteroatoms. The molecule has 1 aromatic heterocycles. The largest absolute Gasteiger partial charge is 0.414 e. The van der Waals surface area contributed by atoms with Crippen molar-refractivity contribution in [1.29, 1.82) is 0 Å². The molecule has 2 rings (SSSR count). The quantitative estimate of drug-likeness (QED) is 0.744. The van der Waals surface area contributed by atoms with Gasteiger partial charge in [-0.1, -0.05) is 49.7 Å². The summed E-state index contributed by atoms with van der Waals surface area (Å²) in [5.41, 5.74) is 9.08. The van der Waals surface area contributed by atoms with Crippen molar-refractivity contribution in [2.24, 2.45) is 11.7 Å². The zero-order chi connectivity index (χ0) is 17.7. The molecule has 0 bridgehead atoms. The number of rotatable bonds is 7. The Labute approximate surface area is 146 Å². The molecule has 1 aromatic carbocycles. The van der Waals surface area contributed by atoms with Crippen molar-refractivity contribution in [1.82, 2.24) is 10.2 Å². The predicted molar refractivity (Wildman–Crippen MR) is 96.0 cm³/mol. The second kappa shape index (κ2) is 8.30. The van der Waals surface area contributed by atoms with E-state index in [1.807, 2.05) is 39.0 Å². The molecule has 0 aliphatic rings. The van der Waals surface area contributed by atoms with Gasteiger partial charge in [0.25, 0.3) is 5.22 Å². The lowest BCUT2D eigenvalue weighted by atomic mass is 10.0. The molecule has 2 aromatic rings. The number of aromatic nitrogens is 2. The molecule has 0 saturated heterocycles. The molecule has 1 unspecified atom stereocenters. The number of anilines is 1. The normalized spacial score (nSPS) is 13.5. The predicted octanol–water partition coefficient (Wildman–Crippen LogP) is 3.46. The first-order chi connectivity index (χ1) is 11.4. The van der Waals surface area contributed by atoms with E-state index in [0.29, 0.717) is 11.1 Å². The Bertz CT molecular complexity index is 702. The summed E-state index contributed by atoms with van der Waals surface area (Å²) >= 11 is 1.21. The third-order valence-electron chi connectivity index (χ3n) is 3.95. The van der Waals surface area contributed by atoms with Crippen LogP contribution in [0.15, 0.2) is 27.8 Å². The van der Waals surface area contributed by atoms with Crippen LogP contribution in [0.5, 0.6) is 0 Å². The number of carbonyl (C=O) groups excluding carboxylic acids is 1. The van der Waals surface area contributed by atoms with Crippen LogP contribution in [0, 0.1) is 19.8 Å². The summed E-state index contributed by atoms with van der Waals surface area (Å²) in [6, 6.07) is 5.63. The number of carbonyl (C=O) groups is 1. The SMILES string of the molecule is CCC(C)[C@H](N)c1nnc(SCC(=O)Nc2ccc(C)cc2C)o1. The summed E-state index contributed by atoms with van der Waals surface area (Å²) < 4.78 is 5.54. The molecule has 0 saturated carbocycles. The van der Waals surface area contributed by atoms with E-state index in [1.165, 1.54) is 11.8 Å². The average Bonchev–Trinajstić information content (AvgIpc) is 3.03. The number of hydrogen-bond acceptors (Lipinski definition) is 6. The zero-order valence-electron chi connectivity index (χ0n) is 14.5. The number of thioether (sulfide) groups is 1. The first-order valence-electron chi connectivity index (χ1n) is 7.99. The second-order valence-corrected chi connectivity index (χ2v) is 6.90. The molecule has 130 valence electrons. The van der Waals surface area contributed by atoms with Gasteiger partial charge in [0, 0.05) is 5.69 Å². The number of amides is 1. The number of nitrogens with one attached hydrogen (secondary N) is 1. The van der Waals surface area contributed by atoms with Crippen LogP contribution in [0.4, 0.5) is 5.69 Å². The highest BCUT2D eigenvalue weighted by atomic mass is 32.2. The molecule has 1 amide bonds. The molecule has 0 aliphatic heterocycles. The number of hydrogen-bond donors (Lipinski definition) is 2. The van der Waals surface area contributed by atoms with Crippen LogP contribution in [-0.4, -0.2) is 21.9 Å². The minimum atomic E-state index is -0.277. The van der Waals surface area contributed by atoms with Crippen molar-refractivity contribution in [3.8, 4) is 0 Å². The van der Waals surface area contributed by atoms with Gasteiger partial charge in [-0.25, -0.2) is 0 Å². The average molecular weight is 348 g/mol. The Kier molecular flexibility index (Phi) is 6.39. The van der Waals surface area contributed by atoms with Crippen LogP contribution in [0.1, 0.15) is 43.3 Å². The molecule has 0 radical (unpaired) electrons. The van der Waals surface area contributed by atoms with E-state index in [1.54, 1.807) is 0 Å². The lowest BCUT2D eigenvalue weighted by molar-refractivity contribution is -0.113. The van der Waals surface area contributed by atoms with Crippen LogP contribution in [0.3, 0.4) is 0 Å². The smallest absolute Gasteiger partial charge is 0.277 e. The second-order valence-electron chi connectivity index (χ2n) is 5.97. The Balaban J connectivity index is 1.89. The molecular weight excluding hydrogens is 324 g/mol. The molecule has 24 heavy (non-hydrogen) atoms. The van der Waals surface area contributed by atoms with Crippen molar-refractivity contribution in [2.75, 3.05) is 11.1 Å². The summed E-state index contributed by atoms with van der Waals surface area (Å²) in [5.74, 6) is 0.767. The molecular formula is C17H24N4O2S. The van der Waals surface area contributed by atoms with Crippen LogP contribution >= 0.6 is 11.8 Å².